The van der Waals surface area contributed by atoms with E-state index in [-0.39, 0.29) is 5.91 Å². The molecule has 0 aromatic heterocycles. The van der Waals surface area contributed by atoms with Crippen molar-refractivity contribution in [1.82, 2.24) is 4.90 Å². The summed E-state index contributed by atoms with van der Waals surface area (Å²) >= 11 is 4.09. The lowest BCUT2D eigenvalue weighted by Crippen LogP contribution is -2.50. The molecule has 1 saturated carbocycles. The quantitative estimate of drug-likeness (QED) is 0.661. The maximum absolute atomic E-state index is 11.7. The van der Waals surface area contributed by atoms with E-state index in [0.717, 1.165) is 12.5 Å². The van der Waals surface area contributed by atoms with E-state index >= 15 is 0 Å². The predicted octanol–water partition coefficient (Wildman–Crippen LogP) is 2.10. The monoisotopic (exact) mass is 213 g/mol. The summed E-state index contributed by atoms with van der Waals surface area (Å²) in [6.45, 7) is 0.973. The summed E-state index contributed by atoms with van der Waals surface area (Å²) in [7, 11) is 0. The third-order valence-corrected chi connectivity index (χ3v) is 3.97. The number of hydrogen-bond donors (Lipinski definition) is 1. The second kappa shape index (κ2) is 4.56. The molecule has 1 heterocycles. The van der Waals surface area contributed by atoms with E-state index in [1.54, 1.807) is 0 Å². The Morgan fingerprint density at radius 1 is 1.21 bits per heavy atom. The van der Waals surface area contributed by atoms with Crippen molar-refractivity contribution in [3.8, 4) is 0 Å². The van der Waals surface area contributed by atoms with Gasteiger partial charge in [-0.15, -0.1) is 0 Å². The Balaban J connectivity index is 2.04. The first-order valence-electron chi connectivity index (χ1n) is 5.73. The maximum atomic E-state index is 11.7. The van der Waals surface area contributed by atoms with E-state index in [4.69, 9.17) is 0 Å². The zero-order valence-corrected chi connectivity index (χ0v) is 9.51. The average Bonchev–Trinajstić information content (AvgIpc) is 2.27. The minimum atomic E-state index is 0.241. The van der Waals surface area contributed by atoms with Crippen molar-refractivity contribution in [3.63, 3.8) is 0 Å². The highest BCUT2D eigenvalue weighted by Gasteiger charge is 2.34. The van der Waals surface area contributed by atoms with Crippen molar-refractivity contribution in [2.75, 3.05) is 12.3 Å². The van der Waals surface area contributed by atoms with Crippen molar-refractivity contribution < 1.29 is 4.79 Å². The fourth-order valence-electron chi connectivity index (χ4n) is 3.03. The number of rotatable bonds is 1. The minimum absolute atomic E-state index is 0.241. The molecule has 2 rings (SSSR count). The van der Waals surface area contributed by atoms with Crippen LogP contribution in [0.15, 0.2) is 0 Å². The fourth-order valence-corrected chi connectivity index (χ4v) is 3.21. The lowest BCUT2D eigenvalue weighted by molar-refractivity contribution is -0.134. The van der Waals surface area contributed by atoms with Gasteiger partial charge in [0.15, 0.2) is 0 Å². The molecule has 0 aromatic carbocycles. The topological polar surface area (TPSA) is 20.3 Å². The summed E-state index contributed by atoms with van der Waals surface area (Å²) < 4.78 is 0. The summed E-state index contributed by atoms with van der Waals surface area (Å²) in [6, 6.07) is 0.553. The molecule has 1 amide bonds. The molecule has 0 radical (unpaired) electrons. The van der Waals surface area contributed by atoms with E-state index in [1.165, 1.54) is 38.5 Å². The number of hydrogen-bond acceptors (Lipinski definition) is 2. The molecule has 1 aliphatic carbocycles. The molecular formula is C11H19NOS. The van der Waals surface area contributed by atoms with Crippen LogP contribution in [0.25, 0.3) is 0 Å². The van der Waals surface area contributed by atoms with Gasteiger partial charge in [0.2, 0.25) is 5.91 Å². The summed E-state index contributed by atoms with van der Waals surface area (Å²) in [5.74, 6) is 1.41. The fraction of sp³-hybridized carbons (Fsp3) is 0.909. The molecule has 14 heavy (non-hydrogen) atoms. The van der Waals surface area contributed by atoms with Crippen LogP contribution < -0.4 is 0 Å². The van der Waals surface area contributed by atoms with Crippen LogP contribution in [0, 0.1) is 5.92 Å². The van der Waals surface area contributed by atoms with Crippen LogP contribution in [0.1, 0.15) is 38.5 Å². The molecule has 0 spiro atoms. The van der Waals surface area contributed by atoms with Gasteiger partial charge >= 0.3 is 0 Å². The molecular weight excluding hydrogens is 194 g/mol. The predicted molar refractivity (Wildman–Crippen MR) is 60.5 cm³/mol. The van der Waals surface area contributed by atoms with Crippen LogP contribution in [0.5, 0.6) is 0 Å². The molecule has 2 nitrogen and oxygen atoms in total. The first-order valence-corrected chi connectivity index (χ1v) is 6.36. The molecule has 3 heteroatoms. The Hall–Kier alpha value is -0.180. The molecule has 2 aliphatic rings. The van der Waals surface area contributed by atoms with Gasteiger partial charge in [0, 0.05) is 12.6 Å². The third kappa shape index (κ3) is 1.92. The lowest BCUT2D eigenvalue weighted by atomic mass is 9.78. The first-order chi connectivity index (χ1) is 6.83. The van der Waals surface area contributed by atoms with Gasteiger partial charge in [-0.2, -0.15) is 12.6 Å². The second-order valence-electron chi connectivity index (χ2n) is 4.50. The summed E-state index contributed by atoms with van der Waals surface area (Å²) in [4.78, 5) is 13.8. The van der Waals surface area contributed by atoms with E-state index < -0.39 is 0 Å². The Labute approximate surface area is 91.5 Å². The SMILES string of the molecule is O=C(CS)N1CCC[C@H]2CCCC[C@H]21. The zero-order chi connectivity index (χ0) is 9.97. The number of piperidine rings is 1. The zero-order valence-electron chi connectivity index (χ0n) is 8.61. The molecule has 2 fully saturated rings. The Kier molecular flexibility index (Phi) is 3.37. The molecule has 1 aliphatic heterocycles. The van der Waals surface area contributed by atoms with Gasteiger partial charge in [0.05, 0.1) is 5.75 Å². The van der Waals surface area contributed by atoms with Gasteiger partial charge in [-0.3, -0.25) is 4.79 Å². The normalized spacial score (nSPS) is 32.5. The first kappa shape index (κ1) is 10.3. The van der Waals surface area contributed by atoms with Crippen molar-refractivity contribution in [1.29, 1.82) is 0 Å². The average molecular weight is 213 g/mol. The third-order valence-electron chi connectivity index (χ3n) is 3.70. The maximum Gasteiger partial charge on any atom is 0.232 e. The van der Waals surface area contributed by atoms with Crippen LogP contribution in [-0.2, 0) is 4.79 Å². The van der Waals surface area contributed by atoms with Crippen LogP contribution >= 0.6 is 12.6 Å². The number of nitrogens with zero attached hydrogens (tertiary/aromatic N) is 1. The summed E-state index contributed by atoms with van der Waals surface area (Å²) in [5.41, 5.74) is 0. The molecule has 1 saturated heterocycles. The Morgan fingerprint density at radius 2 is 1.93 bits per heavy atom. The highest BCUT2D eigenvalue weighted by Crippen LogP contribution is 2.35. The molecule has 0 unspecified atom stereocenters. The van der Waals surface area contributed by atoms with Gasteiger partial charge in [-0.25, -0.2) is 0 Å². The van der Waals surface area contributed by atoms with E-state index in [2.05, 4.69) is 17.5 Å². The van der Waals surface area contributed by atoms with E-state index in [0.29, 0.717) is 11.8 Å². The van der Waals surface area contributed by atoms with E-state index in [1.807, 2.05) is 0 Å². The van der Waals surface area contributed by atoms with Crippen molar-refractivity contribution in [2.24, 2.45) is 5.92 Å². The molecule has 0 aromatic rings. The van der Waals surface area contributed by atoms with Crippen LogP contribution in [0.3, 0.4) is 0 Å². The minimum Gasteiger partial charge on any atom is -0.339 e. The summed E-state index contributed by atoms with van der Waals surface area (Å²) in [5, 5.41) is 0. The highest BCUT2D eigenvalue weighted by atomic mass is 32.1. The molecule has 2 atom stereocenters. The lowest BCUT2D eigenvalue weighted by Gasteiger charge is -2.44. The van der Waals surface area contributed by atoms with Gasteiger partial charge < -0.3 is 4.90 Å². The number of amides is 1. The molecule has 0 N–H and O–H groups in total. The van der Waals surface area contributed by atoms with Gasteiger partial charge in [0.1, 0.15) is 0 Å². The van der Waals surface area contributed by atoms with Crippen LogP contribution in [0.4, 0.5) is 0 Å². The number of carbonyl (C=O) groups is 1. The largest absolute Gasteiger partial charge is 0.339 e. The Morgan fingerprint density at radius 3 is 2.71 bits per heavy atom. The van der Waals surface area contributed by atoms with Crippen molar-refractivity contribution in [3.05, 3.63) is 0 Å². The highest BCUT2D eigenvalue weighted by molar-refractivity contribution is 7.81. The summed E-state index contributed by atoms with van der Waals surface area (Å²) in [6.07, 6.45) is 7.76. The number of carbonyl (C=O) groups excluding carboxylic acids is 1. The van der Waals surface area contributed by atoms with Crippen LogP contribution in [-0.4, -0.2) is 29.1 Å². The van der Waals surface area contributed by atoms with Gasteiger partial charge in [-0.1, -0.05) is 12.8 Å². The molecule has 80 valence electrons. The standard InChI is InChI=1S/C11H19NOS/c13-11(8-14)12-7-3-5-9-4-1-2-6-10(9)12/h9-10,14H,1-8H2/t9-,10-/m1/s1. The number of fused-ring (bicyclic) bond motifs is 1. The van der Waals surface area contributed by atoms with Gasteiger partial charge in [0.25, 0.3) is 0 Å². The van der Waals surface area contributed by atoms with E-state index in [9.17, 15) is 4.79 Å². The Bertz CT molecular complexity index is 217. The van der Waals surface area contributed by atoms with Gasteiger partial charge in [-0.05, 0) is 31.6 Å². The second-order valence-corrected chi connectivity index (χ2v) is 4.82. The van der Waals surface area contributed by atoms with Crippen molar-refractivity contribution >= 4 is 18.5 Å². The number of likely N-dealkylation sites (tertiary alicyclic amines) is 1. The van der Waals surface area contributed by atoms with Crippen molar-refractivity contribution in [2.45, 2.75) is 44.6 Å². The smallest absolute Gasteiger partial charge is 0.232 e. The number of thiol groups is 1. The van der Waals surface area contributed by atoms with Crippen LogP contribution in [0.2, 0.25) is 0 Å². The molecule has 0 bridgehead atoms.